The van der Waals surface area contributed by atoms with Crippen LogP contribution in [0, 0.1) is 0 Å². The third-order valence-corrected chi connectivity index (χ3v) is 4.93. The summed E-state index contributed by atoms with van der Waals surface area (Å²) in [5.74, 6) is -0.453. The summed E-state index contributed by atoms with van der Waals surface area (Å²) in [5.41, 5.74) is 1.11. The minimum absolute atomic E-state index is 0.192. The number of carbonyl (C=O) groups excluding carboxylic acids is 2. The molecule has 1 saturated heterocycles. The van der Waals surface area contributed by atoms with E-state index in [9.17, 15) is 9.59 Å². The van der Waals surface area contributed by atoms with Crippen molar-refractivity contribution in [3.05, 3.63) is 42.5 Å². The van der Waals surface area contributed by atoms with Crippen LogP contribution < -0.4 is 16.1 Å². The predicted molar refractivity (Wildman–Crippen MR) is 97.7 cm³/mol. The lowest BCUT2D eigenvalue weighted by Crippen LogP contribution is -2.44. The highest BCUT2D eigenvalue weighted by atomic mass is 17.2. The predicted octanol–water partition coefficient (Wildman–Crippen LogP) is 1.44. The van der Waals surface area contributed by atoms with Crippen LogP contribution in [0.1, 0.15) is 38.1 Å². The molecule has 0 unspecified atom stereocenters. The van der Waals surface area contributed by atoms with Gasteiger partial charge in [-0.25, -0.2) is 4.89 Å². The van der Waals surface area contributed by atoms with Crippen LogP contribution in [0.4, 0.5) is 0 Å². The van der Waals surface area contributed by atoms with E-state index in [1.165, 1.54) is 6.08 Å². The first kappa shape index (κ1) is 19.2. The first-order chi connectivity index (χ1) is 11.7. The van der Waals surface area contributed by atoms with Crippen LogP contribution in [-0.2, 0) is 14.5 Å². The molecule has 0 spiro atoms. The van der Waals surface area contributed by atoms with Gasteiger partial charge in [0.05, 0.1) is 5.60 Å². The minimum Gasteiger partial charge on any atom is -0.351 e. The number of carbonyl (C=O) groups is 2. The van der Waals surface area contributed by atoms with E-state index in [1.54, 1.807) is 12.1 Å². The molecule has 1 fully saturated rings. The molecule has 0 aliphatic carbocycles. The van der Waals surface area contributed by atoms with Crippen LogP contribution in [0.3, 0.4) is 0 Å². The van der Waals surface area contributed by atoms with E-state index < -0.39 is 5.60 Å². The molecule has 7 heteroatoms. The molecule has 2 amide bonds. The third kappa shape index (κ3) is 4.11. The molecule has 0 aromatic heterocycles. The molecule has 0 saturated carbocycles. The fourth-order valence-electron chi connectivity index (χ4n) is 2.53. The fraction of sp³-hybridized carbons (Fsp3) is 0.444. The fourth-order valence-corrected chi connectivity index (χ4v) is 2.53. The van der Waals surface area contributed by atoms with Crippen molar-refractivity contribution in [2.75, 3.05) is 13.1 Å². The van der Waals surface area contributed by atoms with Crippen LogP contribution in [0.5, 0.6) is 0 Å². The van der Waals surface area contributed by atoms with Gasteiger partial charge in [-0.3, -0.25) is 14.4 Å². The number of nitrogens with one attached hydrogen (secondary N) is 2. The van der Waals surface area contributed by atoms with Crippen molar-refractivity contribution in [1.29, 1.82) is 0 Å². The maximum atomic E-state index is 12.1. The molecule has 1 aliphatic heterocycles. The lowest BCUT2D eigenvalue weighted by molar-refractivity contribution is -0.261. The summed E-state index contributed by atoms with van der Waals surface area (Å²) in [6.07, 6.45) is 1.19. The quantitative estimate of drug-likeness (QED) is 0.354. The molecule has 1 aromatic carbocycles. The molecule has 25 heavy (non-hydrogen) atoms. The van der Waals surface area contributed by atoms with E-state index in [2.05, 4.69) is 31.1 Å². The molecule has 6 nitrogen and oxygen atoms in total. The van der Waals surface area contributed by atoms with Gasteiger partial charge in [-0.2, -0.15) is 0 Å². The molecule has 134 valence electrons. The highest BCUT2D eigenvalue weighted by Crippen LogP contribution is 2.48. The Kier molecular flexibility index (Phi) is 5.70. The van der Waals surface area contributed by atoms with Crippen LogP contribution in [0.15, 0.2) is 36.9 Å². The second-order valence-electron chi connectivity index (χ2n) is 7.16. The number of benzene rings is 1. The number of hydrogen-bond donors (Lipinski definition) is 2. The molecular weight excluding hydrogens is 319 g/mol. The van der Waals surface area contributed by atoms with Gasteiger partial charge in [-0.15, -0.1) is 0 Å². The lowest BCUT2D eigenvalue weighted by Gasteiger charge is -2.31. The molecule has 0 radical (unpaired) electrons. The molecule has 1 heterocycles. The smallest absolute Gasteiger partial charge is 0.351 e. The lowest BCUT2D eigenvalue weighted by atomic mass is 9.40. The van der Waals surface area contributed by atoms with Crippen molar-refractivity contribution in [3.8, 4) is 0 Å². The van der Waals surface area contributed by atoms with E-state index in [0.29, 0.717) is 18.7 Å². The van der Waals surface area contributed by atoms with Gasteiger partial charge in [0.1, 0.15) is 0 Å². The Morgan fingerprint density at radius 2 is 1.72 bits per heavy atom. The van der Waals surface area contributed by atoms with E-state index >= 15 is 0 Å². The van der Waals surface area contributed by atoms with Gasteiger partial charge in [-0.1, -0.05) is 32.6 Å². The minimum atomic E-state index is -0.399. The second kappa shape index (κ2) is 7.41. The Balaban J connectivity index is 1.95. The highest BCUT2D eigenvalue weighted by molar-refractivity contribution is 6.70. The average molecular weight is 344 g/mol. The molecule has 1 aliphatic rings. The Morgan fingerprint density at radius 3 is 2.24 bits per heavy atom. The highest BCUT2D eigenvalue weighted by Gasteiger charge is 2.56. The molecule has 0 bridgehead atoms. The average Bonchev–Trinajstić information content (AvgIpc) is 2.79. The van der Waals surface area contributed by atoms with Gasteiger partial charge in [0.15, 0.2) is 0 Å². The summed E-state index contributed by atoms with van der Waals surface area (Å²) in [6, 6.07) is 7.28. The normalized spacial score (nSPS) is 17.8. The maximum Gasteiger partial charge on any atom is 0.381 e. The summed E-state index contributed by atoms with van der Waals surface area (Å²) in [6.45, 7) is 12.1. The van der Waals surface area contributed by atoms with Gasteiger partial charge in [-0.05, 0) is 37.5 Å². The van der Waals surface area contributed by atoms with E-state index in [1.807, 2.05) is 26.0 Å². The number of amides is 2. The molecule has 2 N–H and O–H groups in total. The largest absolute Gasteiger partial charge is 0.381 e. The number of hydrogen-bond acceptors (Lipinski definition) is 4. The van der Waals surface area contributed by atoms with Crippen LogP contribution in [0.25, 0.3) is 0 Å². The second-order valence-corrected chi connectivity index (χ2v) is 7.16. The monoisotopic (exact) mass is 344 g/mol. The van der Waals surface area contributed by atoms with Gasteiger partial charge in [0.2, 0.25) is 5.91 Å². The number of rotatable bonds is 6. The van der Waals surface area contributed by atoms with Crippen molar-refractivity contribution < 1.29 is 19.3 Å². The first-order valence-corrected chi connectivity index (χ1v) is 8.32. The van der Waals surface area contributed by atoms with Crippen molar-refractivity contribution in [2.24, 2.45) is 0 Å². The molecule has 1 aromatic rings. The van der Waals surface area contributed by atoms with E-state index in [4.69, 9.17) is 9.69 Å². The molecular formula is C18H25BN2O4. The Hall–Kier alpha value is -2.12. The van der Waals surface area contributed by atoms with Crippen molar-refractivity contribution >= 4 is 24.2 Å². The van der Waals surface area contributed by atoms with Crippen LogP contribution >= 0.6 is 0 Å². The van der Waals surface area contributed by atoms with Crippen LogP contribution in [-0.4, -0.2) is 37.4 Å². The summed E-state index contributed by atoms with van der Waals surface area (Å²) in [7, 11) is 0. The topological polar surface area (TPSA) is 76.7 Å². The standard InChI is InChI=1S/C18H25BN2O4/c1-6-15(22)20-11-12-21-16(23)13-7-9-14(10-8-13)19-17(2,3)18(4,5)24-25-19/h6-10H,1,11-12H2,2-5H3,(H,20,22)(H,21,23). The maximum absolute atomic E-state index is 12.1. The summed E-state index contributed by atoms with van der Waals surface area (Å²) in [5, 5.41) is 5.14. The van der Waals surface area contributed by atoms with Crippen molar-refractivity contribution in [2.45, 2.75) is 38.6 Å². The SMILES string of the molecule is C=CC(=O)NCCNC(=O)c1ccc(B2OOC(C)(C)C2(C)C)cc1. The zero-order valence-electron chi connectivity index (χ0n) is 15.2. The van der Waals surface area contributed by atoms with E-state index in [0.717, 1.165) is 5.46 Å². The van der Waals surface area contributed by atoms with E-state index in [-0.39, 0.29) is 24.0 Å². The Bertz CT molecular complexity index is 656. The summed E-state index contributed by atoms with van der Waals surface area (Å²) in [4.78, 5) is 34.2. The van der Waals surface area contributed by atoms with Crippen molar-refractivity contribution in [3.63, 3.8) is 0 Å². The zero-order chi connectivity index (χ0) is 18.7. The Labute approximate surface area is 149 Å². The van der Waals surface area contributed by atoms with Crippen LogP contribution in [0.2, 0.25) is 5.31 Å². The summed E-state index contributed by atoms with van der Waals surface area (Å²) < 4.78 is 0. The zero-order valence-corrected chi connectivity index (χ0v) is 15.2. The van der Waals surface area contributed by atoms with Gasteiger partial charge < -0.3 is 10.6 Å². The van der Waals surface area contributed by atoms with Gasteiger partial charge in [0, 0.05) is 24.0 Å². The first-order valence-electron chi connectivity index (χ1n) is 8.32. The molecule has 2 rings (SSSR count). The summed E-state index contributed by atoms with van der Waals surface area (Å²) >= 11 is 0. The molecule has 0 atom stereocenters. The van der Waals surface area contributed by atoms with Gasteiger partial charge in [0.25, 0.3) is 5.91 Å². The van der Waals surface area contributed by atoms with Gasteiger partial charge >= 0.3 is 6.92 Å². The van der Waals surface area contributed by atoms with Crippen molar-refractivity contribution in [1.82, 2.24) is 10.6 Å². The third-order valence-electron chi connectivity index (χ3n) is 4.93. The Morgan fingerprint density at radius 1 is 1.12 bits per heavy atom.